The first-order valence-corrected chi connectivity index (χ1v) is 8.17. The van der Waals surface area contributed by atoms with Gasteiger partial charge in [-0.05, 0) is 43.9 Å². The zero-order chi connectivity index (χ0) is 17.9. The van der Waals surface area contributed by atoms with Gasteiger partial charge in [-0.25, -0.2) is 0 Å². The van der Waals surface area contributed by atoms with Crippen LogP contribution in [0, 0.1) is 20.8 Å². The molecule has 1 aromatic carbocycles. The average molecular weight is 327 g/mol. The number of aromatic amines is 1. The number of hydrogen-bond acceptors (Lipinski definition) is 3. The van der Waals surface area contributed by atoms with E-state index in [-0.39, 0.29) is 18.0 Å². The number of anilines is 1. The van der Waals surface area contributed by atoms with Gasteiger partial charge in [0.2, 0.25) is 5.91 Å². The van der Waals surface area contributed by atoms with Crippen molar-refractivity contribution in [1.82, 2.24) is 4.98 Å². The van der Waals surface area contributed by atoms with Gasteiger partial charge in [-0.2, -0.15) is 0 Å². The number of amides is 1. The first-order valence-electron chi connectivity index (χ1n) is 8.17. The van der Waals surface area contributed by atoms with Crippen LogP contribution in [0.5, 0.6) is 0 Å². The summed E-state index contributed by atoms with van der Waals surface area (Å²) in [5, 5.41) is 2.67. The maximum absolute atomic E-state index is 12.4. The molecule has 0 bridgehead atoms. The van der Waals surface area contributed by atoms with Crippen molar-refractivity contribution in [2.45, 2.75) is 40.5 Å². The highest BCUT2D eigenvalue weighted by molar-refractivity contribution is 5.92. The lowest BCUT2D eigenvalue weighted by Crippen LogP contribution is -2.28. The quantitative estimate of drug-likeness (QED) is 0.787. The lowest BCUT2D eigenvalue weighted by Gasteiger charge is -2.17. The van der Waals surface area contributed by atoms with E-state index >= 15 is 0 Å². The number of benzene rings is 1. The Hall–Kier alpha value is -2.40. The maximum Gasteiger partial charge on any atom is 0.272 e. The van der Waals surface area contributed by atoms with Gasteiger partial charge in [-0.15, -0.1) is 0 Å². The van der Waals surface area contributed by atoms with Crippen molar-refractivity contribution in [1.29, 1.82) is 0 Å². The second kappa shape index (κ2) is 7.45. The second-order valence-electron chi connectivity index (χ2n) is 6.19. The molecular weight excluding hydrogens is 302 g/mol. The summed E-state index contributed by atoms with van der Waals surface area (Å²) in [5.41, 5.74) is 11.7. The van der Waals surface area contributed by atoms with Crippen LogP contribution in [0.1, 0.15) is 40.4 Å². The zero-order valence-corrected chi connectivity index (χ0v) is 14.7. The predicted octanol–water partition coefficient (Wildman–Crippen LogP) is 2.35. The van der Waals surface area contributed by atoms with E-state index in [9.17, 15) is 9.59 Å². The van der Waals surface area contributed by atoms with E-state index in [1.165, 1.54) is 11.1 Å². The minimum absolute atomic E-state index is 0.155. The van der Waals surface area contributed by atoms with Crippen molar-refractivity contribution in [3.05, 3.63) is 62.1 Å². The molecule has 5 nitrogen and oxygen atoms in total. The molecule has 0 atom stereocenters. The van der Waals surface area contributed by atoms with Crippen molar-refractivity contribution >= 4 is 11.6 Å². The molecule has 0 saturated carbocycles. The molecular formula is C19H25N3O2. The van der Waals surface area contributed by atoms with E-state index in [4.69, 9.17) is 5.73 Å². The molecule has 1 heterocycles. The molecule has 2 rings (SSSR count). The first-order chi connectivity index (χ1) is 11.3. The van der Waals surface area contributed by atoms with E-state index in [1.54, 1.807) is 0 Å². The van der Waals surface area contributed by atoms with Gasteiger partial charge in [0.25, 0.3) is 5.56 Å². The fraction of sp³-hybridized carbons (Fsp3) is 0.368. The molecule has 0 spiro atoms. The third-order valence-corrected chi connectivity index (χ3v) is 4.11. The highest BCUT2D eigenvalue weighted by Crippen LogP contribution is 2.24. The molecule has 0 unspecified atom stereocenters. The number of aryl methyl sites for hydroxylation is 3. The van der Waals surface area contributed by atoms with Crippen LogP contribution in [0.25, 0.3) is 0 Å². The zero-order valence-electron chi connectivity index (χ0n) is 14.7. The molecule has 1 amide bonds. The van der Waals surface area contributed by atoms with Gasteiger partial charge in [0.05, 0.1) is 6.54 Å². The fourth-order valence-electron chi connectivity index (χ4n) is 3.19. The van der Waals surface area contributed by atoms with E-state index < -0.39 is 0 Å². The first kappa shape index (κ1) is 17.9. The van der Waals surface area contributed by atoms with Crippen LogP contribution in [0.2, 0.25) is 0 Å². The minimum atomic E-state index is -0.368. The van der Waals surface area contributed by atoms with Crippen LogP contribution in [-0.4, -0.2) is 17.4 Å². The summed E-state index contributed by atoms with van der Waals surface area (Å²) >= 11 is 0. The number of nitrogens with two attached hydrogens (primary N) is 1. The second-order valence-corrected chi connectivity index (χ2v) is 6.19. The normalized spacial score (nSPS) is 10.7. The van der Waals surface area contributed by atoms with Crippen molar-refractivity contribution in [3.63, 3.8) is 0 Å². The number of nitrogens with one attached hydrogen (secondary N) is 2. The lowest BCUT2D eigenvalue weighted by molar-refractivity contribution is -0.114. The Kier molecular flexibility index (Phi) is 5.57. The Morgan fingerprint density at radius 3 is 2.29 bits per heavy atom. The summed E-state index contributed by atoms with van der Waals surface area (Å²) in [6.45, 7) is 7.88. The monoisotopic (exact) mass is 327 g/mol. The maximum atomic E-state index is 12.4. The Morgan fingerprint density at radius 2 is 1.75 bits per heavy atom. The SMILES string of the molecule is CCc1c(C)[nH]c(=O)c(NC(=O)CN)c1Cc1cc(C)cc(C)c1. The number of carbonyl (C=O) groups excluding carboxylic acids is 1. The van der Waals surface area contributed by atoms with Crippen molar-refractivity contribution in [2.75, 3.05) is 11.9 Å². The van der Waals surface area contributed by atoms with Crippen molar-refractivity contribution in [3.8, 4) is 0 Å². The third kappa shape index (κ3) is 3.92. The van der Waals surface area contributed by atoms with Gasteiger partial charge in [-0.3, -0.25) is 9.59 Å². The number of carbonyl (C=O) groups is 1. The standard InChI is InChI=1S/C19H25N3O2/c1-5-15-13(4)21-19(24)18(22-17(23)10-20)16(15)9-14-7-11(2)6-12(3)8-14/h6-8H,5,9-10,20H2,1-4H3,(H,21,24)(H,22,23). The summed E-state index contributed by atoms with van der Waals surface area (Å²) in [7, 11) is 0. The molecule has 0 aliphatic carbocycles. The summed E-state index contributed by atoms with van der Waals surface area (Å²) in [4.78, 5) is 27.0. The molecule has 0 fully saturated rings. The van der Waals surface area contributed by atoms with Crippen LogP contribution < -0.4 is 16.6 Å². The average Bonchev–Trinajstić information content (AvgIpc) is 2.50. The van der Waals surface area contributed by atoms with E-state index in [1.807, 2.05) is 13.8 Å². The van der Waals surface area contributed by atoms with Gasteiger partial charge in [0, 0.05) is 12.1 Å². The highest BCUT2D eigenvalue weighted by atomic mass is 16.2. The van der Waals surface area contributed by atoms with E-state index in [0.29, 0.717) is 12.1 Å². The molecule has 0 saturated heterocycles. The molecule has 4 N–H and O–H groups in total. The lowest BCUT2D eigenvalue weighted by atomic mass is 9.94. The largest absolute Gasteiger partial charge is 0.324 e. The summed E-state index contributed by atoms with van der Waals surface area (Å²) in [5.74, 6) is -0.368. The number of rotatable bonds is 5. The highest BCUT2D eigenvalue weighted by Gasteiger charge is 2.17. The Labute approximate surface area is 142 Å². The van der Waals surface area contributed by atoms with Gasteiger partial charge in [-0.1, -0.05) is 36.2 Å². The van der Waals surface area contributed by atoms with Gasteiger partial charge in [0.15, 0.2) is 0 Å². The van der Waals surface area contributed by atoms with E-state index in [2.05, 4.69) is 42.3 Å². The molecule has 2 aromatic rings. The third-order valence-electron chi connectivity index (χ3n) is 4.11. The van der Waals surface area contributed by atoms with Crippen LogP contribution in [0.4, 0.5) is 5.69 Å². The number of H-pyrrole nitrogens is 1. The molecule has 5 heteroatoms. The number of aromatic nitrogens is 1. The Bertz CT molecular complexity index is 802. The number of pyridine rings is 1. The van der Waals surface area contributed by atoms with Crippen LogP contribution in [0.3, 0.4) is 0 Å². The topological polar surface area (TPSA) is 88.0 Å². The Balaban J connectivity index is 2.60. The van der Waals surface area contributed by atoms with Gasteiger partial charge < -0.3 is 16.0 Å². The van der Waals surface area contributed by atoms with Gasteiger partial charge in [0.1, 0.15) is 5.69 Å². The summed E-state index contributed by atoms with van der Waals surface area (Å²) in [6, 6.07) is 6.33. The summed E-state index contributed by atoms with van der Waals surface area (Å²) in [6.07, 6.45) is 1.37. The smallest absolute Gasteiger partial charge is 0.272 e. The molecule has 24 heavy (non-hydrogen) atoms. The molecule has 128 valence electrons. The van der Waals surface area contributed by atoms with Crippen LogP contribution in [-0.2, 0) is 17.6 Å². The van der Waals surface area contributed by atoms with E-state index in [0.717, 1.165) is 28.8 Å². The van der Waals surface area contributed by atoms with Gasteiger partial charge >= 0.3 is 0 Å². The molecule has 0 aliphatic rings. The predicted molar refractivity (Wildman–Crippen MR) is 97.6 cm³/mol. The van der Waals surface area contributed by atoms with Crippen molar-refractivity contribution < 1.29 is 4.79 Å². The number of hydrogen-bond donors (Lipinski definition) is 3. The summed E-state index contributed by atoms with van der Waals surface area (Å²) < 4.78 is 0. The molecule has 0 aliphatic heterocycles. The van der Waals surface area contributed by atoms with Crippen LogP contribution >= 0.6 is 0 Å². The fourth-order valence-corrected chi connectivity index (χ4v) is 3.19. The Morgan fingerprint density at radius 1 is 1.12 bits per heavy atom. The van der Waals surface area contributed by atoms with Crippen LogP contribution in [0.15, 0.2) is 23.0 Å². The van der Waals surface area contributed by atoms with Crippen molar-refractivity contribution in [2.24, 2.45) is 5.73 Å². The molecule has 1 aromatic heterocycles. The molecule has 0 radical (unpaired) electrons. The minimum Gasteiger partial charge on any atom is -0.324 e.